The average Bonchev–Trinajstić information content (AvgIpc) is 2.74. The minimum Gasteiger partial charge on any atom is -0.342 e. The molecule has 0 radical (unpaired) electrons. The Hall–Kier alpha value is -1.31. The van der Waals surface area contributed by atoms with E-state index in [2.05, 4.69) is 10.3 Å². The van der Waals surface area contributed by atoms with Gasteiger partial charge in [-0.05, 0) is 24.5 Å². The van der Waals surface area contributed by atoms with Crippen molar-refractivity contribution in [3.63, 3.8) is 0 Å². The summed E-state index contributed by atoms with van der Waals surface area (Å²) in [7, 11) is 1.91. The molecule has 6 nitrogen and oxygen atoms in total. The second-order valence-electron chi connectivity index (χ2n) is 7.38. The summed E-state index contributed by atoms with van der Waals surface area (Å²) in [4.78, 5) is 33.2. The Bertz CT molecular complexity index is 628. The maximum absolute atomic E-state index is 12.8. The zero-order valence-corrected chi connectivity index (χ0v) is 18.1. The van der Waals surface area contributed by atoms with Gasteiger partial charge in [0, 0.05) is 45.1 Å². The average molecular weight is 427 g/mol. The van der Waals surface area contributed by atoms with Gasteiger partial charge < -0.3 is 15.1 Å². The van der Waals surface area contributed by atoms with Crippen LogP contribution in [0.4, 0.5) is 0 Å². The van der Waals surface area contributed by atoms with Gasteiger partial charge in [0.25, 0.3) is 0 Å². The van der Waals surface area contributed by atoms with Gasteiger partial charge in [-0.15, -0.1) is 24.2 Å². The van der Waals surface area contributed by atoms with E-state index < -0.39 is 0 Å². The molecule has 1 saturated carbocycles. The normalized spacial score (nSPS) is 20.3. The van der Waals surface area contributed by atoms with Crippen LogP contribution in [0.3, 0.4) is 0 Å². The van der Waals surface area contributed by atoms with Crippen molar-refractivity contribution >= 4 is 36.0 Å². The molecule has 1 unspecified atom stereocenters. The lowest BCUT2D eigenvalue weighted by Crippen LogP contribution is -2.49. The molecule has 0 aromatic carbocycles. The molecule has 2 amide bonds. The Labute approximate surface area is 178 Å². The summed E-state index contributed by atoms with van der Waals surface area (Å²) < 4.78 is 0. The van der Waals surface area contributed by atoms with Gasteiger partial charge >= 0.3 is 0 Å². The number of hydrogen-bond donors (Lipinski definition) is 1. The molecule has 3 rings (SSSR count). The van der Waals surface area contributed by atoms with Crippen LogP contribution in [0.2, 0.25) is 0 Å². The number of carbonyl (C=O) groups excluding carboxylic acids is 2. The molecule has 1 aromatic heterocycles. The third-order valence-electron chi connectivity index (χ3n) is 5.60. The van der Waals surface area contributed by atoms with Crippen molar-refractivity contribution in [2.24, 2.45) is 0 Å². The molecule has 2 fully saturated rings. The number of nitrogens with one attached hydrogen (secondary N) is 1. The summed E-state index contributed by atoms with van der Waals surface area (Å²) >= 11 is 1.43. The number of hydrogen-bond acceptors (Lipinski definition) is 5. The molecule has 0 bridgehead atoms. The van der Waals surface area contributed by atoms with Crippen molar-refractivity contribution in [1.29, 1.82) is 0 Å². The van der Waals surface area contributed by atoms with Gasteiger partial charge in [0.1, 0.15) is 0 Å². The molecule has 1 aliphatic heterocycles. The zero-order chi connectivity index (χ0) is 19.1. The van der Waals surface area contributed by atoms with E-state index in [0.717, 1.165) is 31.5 Å². The highest BCUT2D eigenvalue weighted by Crippen LogP contribution is 2.24. The van der Waals surface area contributed by atoms with Gasteiger partial charge in [0.15, 0.2) is 0 Å². The first-order chi connectivity index (χ1) is 13.2. The minimum absolute atomic E-state index is 0. The van der Waals surface area contributed by atoms with Crippen LogP contribution in [0.25, 0.3) is 0 Å². The molecule has 1 aromatic rings. The van der Waals surface area contributed by atoms with E-state index in [1.165, 1.54) is 31.0 Å². The van der Waals surface area contributed by atoms with E-state index in [9.17, 15) is 9.59 Å². The molecule has 1 saturated heterocycles. The first-order valence-corrected chi connectivity index (χ1v) is 11.1. The van der Waals surface area contributed by atoms with Crippen LogP contribution in [0.5, 0.6) is 0 Å². The van der Waals surface area contributed by atoms with Crippen LogP contribution in [0, 0.1) is 0 Å². The molecule has 2 aliphatic rings. The maximum Gasteiger partial charge on any atom is 0.233 e. The molecule has 156 valence electrons. The molecule has 0 spiro atoms. The Morgan fingerprint density at radius 3 is 2.79 bits per heavy atom. The smallest absolute Gasteiger partial charge is 0.233 e. The van der Waals surface area contributed by atoms with Crippen LogP contribution in [0.15, 0.2) is 24.5 Å². The molecule has 28 heavy (non-hydrogen) atoms. The quantitative estimate of drug-likeness (QED) is 0.757. The fourth-order valence-corrected chi connectivity index (χ4v) is 4.78. The summed E-state index contributed by atoms with van der Waals surface area (Å²) in [6.45, 7) is 2.23. The van der Waals surface area contributed by atoms with Crippen molar-refractivity contribution in [2.45, 2.75) is 44.2 Å². The van der Waals surface area contributed by atoms with Gasteiger partial charge in [-0.2, -0.15) is 0 Å². The lowest BCUT2D eigenvalue weighted by Gasteiger charge is -2.36. The second kappa shape index (κ2) is 11.6. The maximum atomic E-state index is 12.8. The van der Waals surface area contributed by atoms with E-state index in [0.29, 0.717) is 24.1 Å². The number of pyridine rings is 1. The molecule has 8 heteroatoms. The van der Waals surface area contributed by atoms with Crippen LogP contribution in [0.1, 0.15) is 43.7 Å². The number of amides is 2. The van der Waals surface area contributed by atoms with Crippen molar-refractivity contribution in [1.82, 2.24) is 20.1 Å². The standard InChI is InChI=1S/C20H30N4O2S.ClH/c1-23(17-7-3-2-4-8-17)19(25)14-27-15-20(26)24-11-10-22-13-18(24)16-6-5-9-21-12-16;/h5-6,9,12,17-18,22H,2-4,7-8,10-11,13-15H2,1H3;1H. The molecule has 1 aliphatic carbocycles. The van der Waals surface area contributed by atoms with Crippen molar-refractivity contribution in [2.75, 3.05) is 38.2 Å². The summed E-state index contributed by atoms with van der Waals surface area (Å²) in [5, 5.41) is 3.35. The SMILES string of the molecule is CN(C(=O)CSCC(=O)N1CCNCC1c1cccnc1)C1CCCCC1.Cl. The lowest BCUT2D eigenvalue weighted by molar-refractivity contribution is -0.131. The molecule has 2 heterocycles. The highest BCUT2D eigenvalue weighted by Gasteiger charge is 2.28. The van der Waals surface area contributed by atoms with E-state index in [4.69, 9.17) is 0 Å². The number of nitrogens with zero attached hydrogens (tertiary/aromatic N) is 3. The second-order valence-corrected chi connectivity index (χ2v) is 8.37. The fourth-order valence-electron chi connectivity index (χ4n) is 3.96. The predicted molar refractivity (Wildman–Crippen MR) is 116 cm³/mol. The number of aromatic nitrogens is 1. The number of piperazine rings is 1. The molecular formula is C20H31ClN4O2S. The predicted octanol–water partition coefficient (Wildman–Crippen LogP) is 2.50. The van der Waals surface area contributed by atoms with Crippen LogP contribution in [-0.2, 0) is 9.59 Å². The zero-order valence-electron chi connectivity index (χ0n) is 16.5. The summed E-state index contributed by atoms with van der Waals surface area (Å²) in [6.07, 6.45) is 9.51. The first-order valence-electron chi connectivity index (χ1n) is 9.90. The van der Waals surface area contributed by atoms with E-state index in [1.807, 2.05) is 35.2 Å². The Balaban J connectivity index is 0.00000280. The van der Waals surface area contributed by atoms with E-state index in [1.54, 1.807) is 6.20 Å². The van der Waals surface area contributed by atoms with E-state index in [-0.39, 0.29) is 30.3 Å². The van der Waals surface area contributed by atoms with Gasteiger partial charge in [0.2, 0.25) is 11.8 Å². The molecular weight excluding hydrogens is 396 g/mol. The molecule has 1 atom stereocenters. The monoisotopic (exact) mass is 426 g/mol. The van der Waals surface area contributed by atoms with Gasteiger partial charge in [-0.25, -0.2) is 0 Å². The van der Waals surface area contributed by atoms with Crippen molar-refractivity contribution in [3.05, 3.63) is 30.1 Å². The highest BCUT2D eigenvalue weighted by atomic mass is 35.5. The third-order valence-corrected chi connectivity index (χ3v) is 6.50. The summed E-state index contributed by atoms with van der Waals surface area (Å²) in [6, 6.07) is 4.31. The van der Waals surface area contributed by atoms with Crippen LogP contribution < -0.4 is 5.32 Å². The minimum atomic E-state index is 0. The summed E-state index contributed by atoms with van der Waals surface area (Å²) in [5.74, 6) is 0.968. The number of rotatable bonds is 6. The van der Waals surface area contributed by atoms with Gasteiger partial charge in [-0.3, -0.25) is 14.6 Å². The van der Waals surface area contributed by atoms with E-state index >= 15 is 0 Å². The van der Waals surface area contributed by atoms with Gasteiger partial charge in [0.05, 0.1) is 17.5 Å². The third kappa shape index (κ3) is 6.09. The van der Waals surface area contributed by atoms with Gasteiger partial charge in [-0.1, -0.05) is 25.3 Å². The number of thioether (sulfide) groups is 1. The largest absolute Gasteiger partial charge is 0.342 e. The first kappa shape index (κ1) is 23.0. The fraction of sp³-hybridized carbons (Fsp3) is 0.650. The molecule has 1 N–H and O–H groups in total. The highest BCUT2D eigenvalue weighted by molar-refractivity contribution is 8.00. The Morgan fingerprint density at radius 2 is 2.07 bits per heavy atom. The summed E-state index contributed by atoms with van der Waals surface area (Å²) in [5.41, 5.74) is 1.05. The van der Waals surface area contributed by atoms with Crippen LogP contribution >= 0.6 is 24.2 Å². The Kier molecular flexibility index (Phi) is 9.55. The van der Waals surface area contributed by atoms with Crippen molar-refractivity contribution in [3.8, 4) is 0 Å². The van der Waals surface area contributed by atoms with Crippen molar-refractivity contribution < 1.29 is 9.59 Å². The number of carbonyl (C=O) groups is 2. The topological polar surface area (TPSA) is 65.5 Å². The van der Waals surface area contributed by atoms with Crippen LogP contribution in [-0.4, -0.2) is 70.8 Å². The Morgan fingerprint density at radius 1 is 1.29 bits per heavy atom. The number of halogens is 1. The lowest BCUT2D eigenvalue weighted by atomic mass is 9.94.